The van der Waals surface area contributed by atoms with E-state index in [0.29, 0.717) is 18.8 Å². The third kappa shape index (κ3) is 4.44. The first-order valence-electron chi connectivity index (χ1n) is 8.16. The minimum absolute atomic E-state index is 0.150. The highest BCUT2D eigenvalue weighted by Crippen LogP contribution is 2.13. The number of ether oxygens (including phenoxy) is 1. The van der Waals surface area contributed by atoms with Crippen LogP contribution >= 0.6 is 0 Å². The highest BCUT2D eigenvalue weighted by molar-refractivity contribution is 5.80. The normalized spacial score (nSPS) is 11.7. The zero-order valence-electron chi connectivity index (χ0n) is 14.0. The van der Waals surface area contributed by atoms with Gasteiger partial charge < -0.3 is 14.6 Å². The molecule has 1 amide bonds. The van der Waals surface area contributed by atoms with Crippen LogP contribution in [0.15, 0.2) is 67.1 Å². The molecular formula is C19H20N4O2. The molecule has 3 aromatic rings. The number of nitrogens with one attached hydrogen (secondary N) is 1. The first kappa shape index (κ1) is 16.7. The van der Waals surface area contributed by atoms with Crippen LogP contribution in [0.2, 0.25) is 0 Å². The van der Waals surface area contributed by atoms with Gasteiger partial charge in [0.15, 0.2) is 11.9 Å². The van der Waals surface area contributed by atoms with Gasteiger partial charge in [-0.2, -0.15) is 0 Å². The summed E-state index contributed by atoms with van der Waals surface area (Å²) in [7, 11) is 0. The van der Waals surface area contributed by atoms with E-state index in [2.05, 4.69) is 15.3 Å². The molecule has 0 saturated heterocycles. The van der Waals surface area contributed by atoms with Crippen molar-refractivity contribution in [2.75, 3.05) is 6.54 Å². The fraction of sp³-hybridized carbons (Fsp3) is 0.211. The van der Waals surface area contributed by atoms with Crippen LogP contribution in [0.3, 0.4) is 0 Å². The van der Waals surface area contributed by atoms with Crippen molar-refractivity contribution in [3.05, 3.63) is 67.1 Å². The Kier molecular flexibility index (Phi) is 5.41. The molecule has 2 heterocycles. The van der Waals surface area contributed by atoms with E-state index in [9.17, 15) is 4.79 Å². The van der Waals surface area contributed by atoms with Gasteiger partial charge in [-0.1, -0.05) is 24.3 Å². The zero-order valence-corrected chi connectivity index (χ0v) is 14.0. The number of pyridine rings is 1. The number of para-hydroxylation sites is 1. The summed E-state index contributed by atoms with van der Waals surface area (Å²) in [5, 5.41) is 2.89. The molecule has 1 aromatic carbocycles. The summed E-state index contributed by atoms with van der Waals surface area (Å²) in [6.07, 6.45) is 4.78. The molecule has 0 aliphatic heterocycles. The van der Waals surface area contributed by atoms with E-state index < -0.39 is 6.10 Å². The van der Waals surface area contributed by atoms with Gasteiger partial charge >= 0.3 is 0 Å². The van der Waals surface area contributed by atoms with Crippen LogP contribution in [-0.4, -0.2) is 33.1 Å². The molecule has 6 nitrogen and oxygen atoms in total. The minimum Gasteiger partial charge on any atom is -0.481 e. The Bertz CT molecular complexity index is 803. The van der Waals surface area contributed by atoms with Gasteiger partial charge in [-0.05, 0) is 31.2 Å². The molecule has 0 bridgehead atoms. The van der Waals surface area contributed by atoms with E-state index in [1.165, 1.54) is 0 Å². The topological polar surface area (TPSA) is 69.0 Å². The molecule has 0 spiro atoms. The van der Waals surface area contributed by atoms with Crippen molar-refractivity contribution in [2.24, 2.45) is 0 Å². The number of hydrogen-bond donors (Lipinski definition) is 1. The second-order valence-electron chi connectivity index (χ2n) is 5.52. The van der Waals surface area contributed by atoms with E-state index in [0.717, 1.165) is 11.5 Å². The molecule has 25 heavy (non-hydrogen) atoms. The first-order valence-corrected chi connectivity index (χ1v) is 8.16. The molecule has 0 radical (unpaired) electrons. The Morgan fingerprint density at radius 3 is 2.68 bits per heavy atom. The number of carbonyl (C=O) groups excluding carboxylic acids is 1. The molecule has 0 unspecified atom stereocenters. The van der Waals surface area contributed by atoms with Crippen LogP contribution in [0.25, 0.3) is 11.5 Å². The molecule has 1 N–H and O–H groups in total. The number of amides is 1. The fourth-order valence-electron chi connectivity index (χ4n) is 2.42. The van der Waals surface area contributed by atoms with Crippen LogP contribution < -0.4 is 10.1 Å². The molecule has 0 fully saturated rings. The molecule has 2 aromatic heterocycles. The van der Waals surface area contributed by atoms with E-state index in [-0.39, 0.29) is 5.91 Å². The van der Waals surface area contributed by atoms with Crippen molar-refractivity contribution in [3.63, 3.8) is 0 Å². The molecule has 0 saturated carbocycles. The summed E-state index contributed by atoms with van der Waals surface area (Å²) in [6, 6.07) is 15.0. The van der Waals surface area contributed by atoms with E-state index in [4.69, 9.17) is 4.74 Å². The molecular weight excluding hydrogens is 316 g/mol. The van der Waals surface area contributed by atoms with Crippen LogP contribution in [0.4, 0.5) is 0 Å². The lowest BCUT2D eigenvalue weighted by molar-refractivity contribution is -0.127. The zero-order chi connectivity index (χ0) is 17.5. The van der Waals surface area contributed by atoms with Crippen LogP contribution in [0.5, 0.6) is 5.75 Å². The number of rotatable bonds is 7. The maximum absolute atomic E-state index is 12.2. The highest BCUT2D eigenvalue weighted by atomic mass is 16.5. The molecule has 6 heteroatoms. The third-order valence-electron chi connectivity index (χ3n) is 3.69. The van der Waals surface area contributed by atoms with Crippen molar-refractivity contribution < 1.29 is 9.53 Å². The lowest BCUT2D eigenvalue weighted by Gasteiger charge is -2.15. The molecule has 1 atom stereocenters. The van der Waals surface area contributed by atoms with Gasteiger partial charge in [0.05, 0.1) is 0 Å². The monoisotopic (exact) mass is 336 g/mol. The smallest absolute Gasteiger partial charge is 0.260 e. The highest BCUT2D eigenvalue weighted by Gasteiger charge is 2.14. The van der Waals surface area contributed by atoms with E-state index in [1.807, 2.05) is 59.3 Å². The molecule has 0 aliphatic rings. The van der Waals surface area contributed by atoms with Gasteiger partial charge in [-0.25, -0.2) is 4.98 Å². The average Bonchev–Trinajstić information content (AvgIpc) is 3.11. The number of carbonyl (C=O) groups is 1. The predicted octanol–water partition coefficient (Wildman–Crippen LogP) is 2.53. The summed E-state index contributed by atoms with van der Waals surface area (Å²) in [6.45, 7) is 2.83. The molecule has 3 rings (SSSR count). The quantitative estimate of drug-likeness (QED) is 0.720. The van der Waals surface area contributed by atoms with Crippen LogP contribution in [0, 0.1) is 0 Å². The van der Waals surface area contributed by atoms with Gasteiger partial charge in [0, 0.05) is 31.7 Å². The first-order chi connectivity index (χ1) is 12.2. The van der Waals surface area contributed by atoms with Gasteiger partial charge in [-0.3, -0.25) is 9.78 Å². The number of hydrogen-bond acceptors (Lipinski definition) is 4. The van der Waals surface area contributed by atoms with Crippen molar-refractivity contribution in [1.29, 1.82) is 0 Å². The summed E-state index contributed by atoms with van der Waals surface area (Å²) >= 11 is 0. The summed E-state index contributed by atoms with van der Waals surface area (Å²) in [4.78, 5) is 20.8. The minimum atomic E-state index is -0.555. The van der Waals surface area contributed by atoms with Crippen LogP contribution in [0.1, 0.15) is 6.92 Å². The Balaban J connectivity index is 1.52. The Morgan fingerprint density at radius 1 is 1.12 bits per heavy atom. The Labute approximate surface area is 146 Å². The van der Waals surface area contributed by atoms with Gasteiger partial charge in [-0.15, -0.1) is 0 Å². The van der Waals surface area contributed by atoms with Crippen molar-refractivity contribution in [3.8, 4) is 17.3 Å². The van der Waals surface area contributed by atoms with Gasteiger partial charge in [0.2, 0.25) is 0 Å². The van der Waals surface area contributed by atoms with E-state index in [1.54, 1.807) is 19.3 Å². The number of nitrogens with zero attached hydrogens (tertiary/aromatic N) is 3. The number of benzene rings is 1. The van der Waals surface area contributed by atoms with Crippen molar-refractivity contribution in [1.82, 2.24) is 19.9 Å². The maximum Gasteiger partial charge on any atom is 0.260 e. The van der Waals surface area contributed by atoms with Crippen molar-refractivity contribution >= 4 is 5.91 Å². The average molecular weight is 336 g/mol. The summed E-state index contributed by atoms with van der Waals surface area (Å²) in [5.74, 6) is 1.31. The number of aromatic nitrogens is 3. The molecule has 128 valence electrons. The predicted molar refractivity (Wildman–Crippen MR) is 95.0 cm³/mol. The van der Waals surface area contributed by atoms with Crippen molar-refractivity contribution in [2.45, 2.75) is 19.6 Å². The Morgan fingerprint density at radius 2 is 1.92 bits per heavy atom. The largest absolute Gasteiger partial charge is 0.481 e. The lowest BCUT2D eigenvalue weighted by Crippen LogP contribution is -2.37. The third-order valence-corrected chi connectivity index (χ3v) is 3.69. The summed E-state index contributed by atoms with van der Waals surface area (Å²) < 4.78 is 7.58. The summed E-state index contributed by atoms with van der Waals surface area (Å²) in [5.41, 5.74) is 0.805. The lowest BCUT2D eigenvalue weighted by atomic mass is 10.3. The maximum atomic E-state index is 12.2. The van der Waals surface area contributed by atoms with Gasteiger partial charge in [0.1, 0.15) is 11.4 Å². The number of imidazole rings is 1. The van der Waals surface area contributed by atoms with Gasteiger partial charge in [0.25, 0.3) is 5.91 Å². The second-order valence-corrected chi connectivity index (χ2v) is 5.52. The van der Waals surface area contributed by atoms with E-state index >= 15 is 0 Å². The Hall–Kier alpha value is -3.15. The molecule has 0 aliphatic carbocycles. The fourth-order valence-corrected chi connectivity index (χ4v) is 2.42. The van der Waals surface area contributed by atoms with Crippen LogP contribution in [-0.2, 0) is 11.3 Å². The standard InChI is InChI=1S/C19H20N4O2/c1-15(25-16-7-3-2-4-8-16)19(24)22-12-14-23-13-11-21-18(23)17-9-5-6-10-20-17/h2-11,13,15H,12,14H2,1H3,(H,22,24)/t15-/m0/s1. The second kappa shape index (κ2) is 8.10. The SMILES string of the molecule is C[C@H](Oc1ccccc1)C(=O)NCCn1ccnc1-c1ccccn1.